The van der Waals surface area contributed by atoms with Crippen LogP contribution in [0, 0.1) is 18.3 Å². The number of fused-ring (bicyclic) bond motifs is 1. The number of aryl methyl sites for hydroxylation is 2. The van der Waals surface area contributed by atoms with Crippen molar-refractivity contribution in [2.75, 3.05) is 5.32 Å². The molecule has 0 unspecified atom stereocenters. The van der Waals surface area contributed by atoms with Crippen molar-refractivity contribution in [3.63, 3.8) is 0 Å². The lowest BCUT2D eigenvalue weighted by Gasteiger charge is -2.09. The summed E-state index contributed by atoms with van der Waals surface area (Å²) in [6.45, 7) is 2.44. The van der Waals surface area contributed by atoms with Crippen molar-refractivity contribution in [1.82, 2.24) is 14.8 Å². The Balaban J connectivity index is 1.93. The zero-order valence-electron chi connectivity index (χ0n) is 12.0. The molecule has 0 aliphatic heterocycles. The zero-order valence-corrected chi connectivity index (χ0v) is 12.0. The summed E-state index contributed by atoms with van der Waals surface area (Å²) in [6, 6.07) is 12.3. The number of anilines is 1. The Labute approximate surface area is 122 Å². The minimum atomic E-state index is 0.589. The van der Waals surface area contributed by atoms with Crippen molar-refractivity contribution in [1.29, 1.82) is 5.26 Å². The van der Waals surface area contributed by atoms with Crippen molar-refractivity contribution >= 4 is 16.7 Å². The van der Waals surface area contributed by atoms with Crippen LogP contribution in [-0.4, -0.2) is 14.8 Å². The second kappa shape index (κ2) is 5.25. The van der Waals surface area contributed by atoms with Crippen LogP contribution in [0.15, 0.2) is 36.5 Å². The Kier molecular flexibility index (Phi) is 3.28. The van der Waals surface area contributed by atoms with E-state index in [-0.39, 0.29) is 0 Å². The lowest BCUT2D eigenvalue weighted by atomic mass is 10.1. The third-order valence-corrected chi connectivity index (χ3v) is 3.50. The van der Waals surface area contributed by atoms with Gasteiger partial charge in [0.2, 0.25) is 0 Å². The van der Waals surface area contributed by atoms with Gasteiger partial charge in [0.15, 0.2) is 0 Å². The average molecular weight is 277 g/mol. The Hall–Kier alpha value is -2.87. The first-order valence-electron chi connectivity index (χ1n) is 6.71. The average Bonchev–Trinajstić information content (AvgIpc) is 2.78. The van der Waals surface area contributed by atoms with E-state index >= 15 is 0 Å². The molecule has 0 amide bonds. The Morgan fingerprint density at radius 2 is 2.10 bits per heavy atom. The summed E-state index contributed by atoms with van der Waals surface area (Å²) in [6.07, 6.45) is 1.79. The number of hydrogen-bond donors (Lipinski definition) is 1. The molecule has 0 bridgehead atoms. The fourth-order valence-electron chi connectivity index (χ4n) is 2.48. The smallest absolute Gasteiger partial charge is 0.142 e. The first-order valence-corrected chi connectivity index (χ1v) is 6.71. The molecular weight excluding hydrogens is 262 g/mol. The number of hydrogen-bond acceptors (Lipinski definition) is 4. The van der Waals surface area contributed by atoms with Gasteiger partial charge >= 0.3 is 0 Å². The maximum atomic E-state index is 9.23. The number of nitriles is 1. The Bertz CT molecular complexity index is 836. The molecule has 0 saturated carbocycles. The molecule has 21 heavy (non-hydrogen) atoms. The maximum absolute atomic E-state index is 9.23. The normalized spacial score (nSPS) is 10.5. The van der Waals surface area contributed by atoms with Gasteiger partial charge in [-0.25, -0.2) is 0 Å². The number of rotatable bonds is 3. The van der Waals surface area contributed by atoms with Crippen molar-refractivity contribution in [2.24, 2.45) is 7.05 Å². The predicted molar refractivity (Wildman–Crippen MR) is 81.7 cm³/mol. The fraction of sp³-hybridized carbons (Fsp3) is 0.188. The SMILES string of the molecule is Cc1nn(C)c(NCc2cccc3cccnc23)c1C#N. The van der Waals surface area contributed by atoms with Gasteiger partial charge < -0.3 is 5.32 Å². The molecule has 5 nitrogen and oxygen atoms in total. The molecule has 0 radical (unpaired) electrons. The van der Waals surface area contributed by atoms with E-state index in [1.165, 1.54) is 0 Å². The van der Waals surface area contributed by atoms with E-state index in [1.54, 1.807) is 10.9 Å². The van der Waals surface area contributed by atoms with E-state index in [0.29, 0.717) is 12.1 Å². The van der Waals surface area contributed by atoms with Gasteiger partial charge in [-0.15, -0.1) is 0 Å². The predicted octanol–water partition coefficient (Wildman–Crippen LogP) is 2.76. The second-order valence-electron chi connectivity index (χ2n) is 4.89. The molecule has 2 heterocycles. The second-order valence-corrected chi connectivity index (χ2v) is 4.89. The Morgan fingerprint density at radius 1 is 1.29 bits per heavy atom. The molecule has 3 aromatic rings. The summed E-state index contributed by atoms with van der Waals surface area (Å²) in [5, 5.41) is 17.9. The van der Waals surface area contributed by atoms with Crippen molar-refractivity contribution < 1.29 is 0 Å². The first-order chi connectivity index (χ1) is 10.2. The molecule has 0 atom stereocenters. The summed E-state index contributed by atoms with van der Waals surface area (Å²) in [5.41, 5.74) is 3.39. The molecule has 2 aromatic heterocycles. The molecule has 1 aromatic carbocycles. The summed E-state index contributed by atoms with van der Waals surface area (Å²) in [5.74, 6) is 0.739. The van der Waals surface area contributed by atoms with E-state index in [9.17, 15) is 5.26 Å². The molecular formula is C16H15N5. The summed E-state index contributed by atoms with van der Waals surface area (Å²) in [7, 11) is 1.83. The van der Waals surface area contributed by atoms with E-state index in [4.69, 9.17) is 0 Å². The van der Waals surface area contributed by atoms with Gasteiger partial charge in [0.05, 0.1) is 11.2 Å². The molecule has 5 heteroatoms. The molecule has 0 fully saturated rings. The summed E-state index contributed by atoms with van der Waals surface area (Å²) >= 11 is 0. The van der Waals surface area contributed by atoms with Gasteiger partial charge in [-0.2, -0.15) is 10.4 Å². The minimum Gasteiger partial charge on any atom is -0.365 e. The van der Waals surface area contributed by atoms with Crippen molar-refractivity contribution in [2.45, 2.75) is 13.5 Å². The van der Waals surface area contributed by atoms with Gasteiger partial charge in [0, 0.05) is 25.2 Å². The van der Waals surface area contributed by atoms with Crippen LogP contribution in [0.4, 0.5) is 5.82 Å². The third-order valence-electron chi connectivity index (χ3n) is 3.50. The number of benzene rings is 1. The highest BCUT2D eigenvalue weighted by atomic mass is 15.3. The quantitative estimate of drug-likeness (QED) is 0.799. The third kappa shape index (κ3) is 2.32. The van der Waals surface area contributed by atoms with Crippen LogP contribution >= 0.6 is 0 Å². The number of para-hydroxylation sites is 1. The van der Waals surface area contributed by atoms with E-state index in [2.05, 4.69) is 21.5 Å². The standard InChI is InChI=1S/C16H15N5/c1-11-14(9-17)16(21(2)20-11)19-10-13-6-3-5-12-7-4-8-18-15(12)13/h3-8,19H,10H2,1-2H3. The fourth-order valence-corrected chi connectivity index (χ4v) is 2.48. The topological polar surface area (TPSA) is 66.5 Å². The molecule has 104 valence electrons. The number of aromatic nitrogens is 3. The van der Waals surface area contributed by atoms with Gasteiger partial charge in [-0.05, 0) is 18.6 Å². The highest BCUT2D eigenvalue weighted by Gasteiger charge is 2.12. The molecule has 1 N–H and O–H groups in total. The number of nitrogens with one attached hydrogen (secondary N) is 1. The van der Waals surface area contributed by atoms with Gasteiger partial charge in [-0.3, -0.25) is 9.67 Å². The summed E-state index contributed by atoms with van der Waals surface area (Å²) in [4.78, 5) is 4.44. The largest absolute Gasteiger partial charge is 0.365 e. The van der Waals surface area contributed by atoms with Crippen LogP contribution in [0.3, 0.4) is 0 Å². The number of nitrogens with zero attached hydrogens (tertiary/aromatic N) is 4. The molecule has 3 rings (SSSR count). The van der Waals surface area contributed by atoms with Crippen LogP contribution in [0.25, 0.3) is 10.9 Å². The highest BCUT2D eigenvalue weighted by Crippen LogP contribution is 2.20. The maximum Gasteiger partial charge on any atom is 0.142 e. The molecule has 0 aliphatic carbocycles. The van der Waals surface area contributed by atoms with Crippen LogP contribution in [-0.2, 0) is 13.6 Å². The van der Waals surface area contributed by atoms with Crippen molar-refractivity contribution in [3.8, 4) is 6.07 Å². The van der Waals surface area contributed by atoms with E-state index in [1.807, 2.05) is 44.3 Å². The lowest BCUT2D eigenvalue weighted by Crippen LogP contribution is -2.06. The first kappa shape index (κ1) is 13.1. The van der Waals surface area contributed by atoms with Crippen molar-refractivity contribution in [3.05, 3.63) is 53.3 Å². The minimum absolute atomic E-state index is 0.589. The van der Waals surface area contributed by atoms with E-state index < -0.39 is 0 Å². The molecule has 0 spiro atoms. The number of pyridine rings is 1. The monoisotopic (exact) mass is 277 g/mol. The van der Waals surface area contributed by atoms with Gasteiger partial charge in [-0.1, -0.05) is 24.3 Å². The van der Waals surface area contributed by atoms with Crippen LogP contribution in [0.1, 0.15) is 16.8 Å². The lowest BCUT2D eigenvalue weighted by molar-refractivity contribution is 0.758. The Morgan fingerprint density at radius 3 is 2.90 bits per heavy atom. The molecule has 0 saturated heterocycles. The van der Waals surface area contributed by atoms with Crippen LogP contribution < -0.4 is 5.32 Å². The van der Waals surface area contributed by atoms with E-state index in [0.717, 1.165) is 28.0 Å². The van der Waals surface area contributed by atoms with Gasteiger partial charge in [0.25, 0.3) is 0 Å². The molecule has 0 aliphatic rings. The summed E-state index contributed by atoms with van der Waals surface area (Å²) < 4.78 is 1.70. The van der Waals surface area contributed by atoms with Crippen LogP contribution in [0.2, 0.25) is 0 Å². The zero-order chi connectivity index (χ0) is 14.8. The highest BCUT2D eigenvalue weighted by molar-refractivity contribution is 5.81. The van der Waals surface area contributed by atoms with Gasteiger partial charge in [0.1, 0.15) is 17.5 Å². The van der Waals surface area contributed by atoms with Crippen LogP contribution in [0.5, 0.6) is 0 Å².